The van der Waals surface area contributed by atoms with Crippen LogP contribution < -0.4 is 4.74 Å². The fraction of sp³-hybridized carbons (Fsp3) is 0.500. The third kappa shape index (κ3) is 1.43. The molecule has 0 atom stereocenters. The lowest BCUT2D eigenvalue weighted by molar-refractivity contribution is 0.356. The maximum absolute atomic E-state index is 5.57. The summed E-state index contributed by atoms with van der Waals surface area (Å²) in [4.78, 5) is 0. The first-order chi connectivity index (χ1) is 6.18. The average Bonchev–Trinajstić information content (AvgIpc) is 2.49. The van der Waals surface area contributed by atoms with Crippen LogP contribution in [0.1, 0.15) is 36.5 Å². The second kappa shape index (κ2) is 3.06. The second-order valence-corrected chi connectivity index (χ2v) is 4.08. The zero-order valence-corrected chi connectivity index (χ0v) is 8.55. The van der Waals surface area contributed by atoms with Gasteiger partial charge in [0.05, 0.1) is 6.61 Å². The maximum atomic E-state index is 5.57. The molecule has 0 amide bonds. The highest BCUT2D eigenvalue weighted by Crippen LogP contribution is 2.33. The molecular weight excluding hydrogens is 160 g/mol. The molecule has 0 aliphatic carbocycles. The van der Waals surface area contributed by atoms with E-state index in [1.807, 2.05) is 0 Å². The van der Waals surface area contributed by atoms with Crippen molar-refractivity contribution in [3.05, 3.63) is 28.8 Å². The van der Waals surface area contributed by atoms with Crippen molar-refractivity contribution in [2.24, 2.45) is 0 Å². The molecule has 1 aromatic rings. The van der Waals surface area contributed by atoms with Crippen molar-refractivity contribution in [2.45, 2.75) is 33.1 Å². The minimum atomic E-state index is 0.607. The average molecular weight is 176 g/mol. The van der Waals surface area contributed by atoms with Gasteiger partial charge in [-0.15, -0.1) is 0 Å². The van der Waals surface area contributed by atoms with E-state index in [-0.39, 0.29) is 0 Å². The number of rotatable bonds is 1. The first kappa shape index (κ1) is 8.61. The normalized spacial score (nSPS) is 14.5. The van der Waals surface area contributed by atoms with E-state index in [1.165, 1.54) is 16.7 Å². The fourth-order valence-corrected chi connectivity index (χ4v) is 1.98. The Morgan fingerprint density at radius 2 is 2.08 bits per heavy atom. The monoisotopic (exact) mass is 176 g/mol. The van der Waals surface area contributed by atoms with Crippen LogP contribution in [0.25, 0.3) is 0 Å². The van der Waals surface area contributed by atoms with Crippen LogP contribution in [0.15, 0.2) is 12.1 Å². The second-order valence-electron chi connectivity index (χ2n) is 4.08. The van der Waals surface area contributed by atoms with Crippen LogP contribution in [0.4, 0.5) is 0 Å². The van der Waals surface area contributed by atoms with E-state index < -0.39 is 0 Å². The third-order valence-electron chi connectivity index (χ3n) is 2.62. The Bertz CT molecular complexity index is 326. The molecule has 0 fully saturated rings. The fourth-order valence-electron chi connectivity index (χ4n) is 1.98. The number of benzene rings is 1. The van der Waals surface area contributed by atoms with Gasteiger partial charge in [0.2, 0.25) is 0 Å². The van der Waals surface area contributed by atoms with E-state index >= 15 is 0 Å². The van der Waals surface area contributed by atoms with Gasteiger partial charge >= 0.3 is 0 Å². The summed E-state index contributed by atoms with van der Waals surface area (Å²) in [5, 5.41) is 0. The predicted octanol–water partition coefficient (Wildman–Crippen LogP) is 3.05. The Morgan fingerprint density at radius 3 is 2.77 bits per heavy atom. The zero-order chi connectivity index (χ0) is 9.42. The van der Waals surface area contributed by atoms with E-state index in [0.717, 1.165) is 18.8 Å². The minimum Gasteiger partial charge on any atom is -0.493 e. The molecule has 0 N–H and O–H groups in total. The molecule has 0 spiro atoms. The van der Waals surface area contributed by atoms with Crippen LogP contribution in [0.2, 0.25) is 0 Å². The van der Waals surface area contributed by atoms with E-state index in [4.69, 9.17) is 4.74 Å². The molecular formula is C12H16O. The van der Waals surface area contributed by atoms with Crippen molar-refractivity contribution in [1.82, 2.24) is 0 Å². The van der Waals surface area contributed by atoms with Crippen molar-refractivity contribution >= 4 is 0 Å². The first-order valence-electron chi connectivity index (χ1n) is 4.94. The van der Waals surface area contributed by atoms with Crippen LogP contribution in [-0.4, -0.2) is 6.61 Å². The Morgan fingerprint density at radius 1 is 1.31 bits per heavy atom. The van der Waals surface area contributed by atoms with Crippen LogP contribution in [0.3, 0.4) is 0 Å². The highest BCUT2D eigenvalue weighted by molar-refractivity contribution is 5.47. The zero-order valence-electron chi connectivity index (χ0n) is 8.55. The summed E-state index contributed by atoms with van der Waals surface area (Å²) in [6.07, 6.45) is 1.09. The molecule has 0 saturated carbocycles. The molecule has 1 aromatic carbocycles. The Hall–Kier alpha value is -0.980. The van der Waals surface area contributed by atoms with Gasteiger partial charge in [-0.2, -0.15) is 0 Å². The summed E-state index contributed by atoms with van der Waals surface area (Å²) in [6, 6.07) is 4.44. The Kier molecular flexibility index (Phi) is 2.03. The molecule has 0 aromatic heterocycles. The molecule has 1 aliphatic heterocycles. The highest BCUT2D eigenvalue weighted by atomic mass is 16.5. The van der Waals surface area contributed by atoms with E-state index in [0.29, 0.717) is 5.92 Å². The molecule has 13 heavy (non-hydrogen) atoms. The number of hydrogen-bond donors (Lipinski definition) is 0. The molecule has 0 saturated heterocycles. The number of fused-ring (bicyclic) bond motifs is 1. The lowest BCUT2D eigenvalue weighted by Crippen LogP contribution is -1.94. The smallest absolute Gasteiger partial charge is 0.123 e. The minimum absolute atomic E-state index is 0.607. The van der Waals surface area contributed by atoms with Gasteiger partial charge in [-0.1, -0.05) is 19.9 Å². The first-order valence-corrected chi connectivity index (χ1v) is 4.94. The molecule has 2 rings (SSSR count). The SMILES string of the molecule is Cc1cc2c(c(C(C)C)c1)CCO2. The van der Waals surface area contributed by atoms with Crippen molar-refractivity contribution in [3.8, 4) is 5.75 Å². The predicted molar refractivity (Wildman–Crippen MR) is 54.5 cm³/mol. The largest absolute Gasteiger partial charge is 0.493 e. The third-order valence-corrected chi connectivity index (χ3v) is 2.62. The standard InChI is InChI=1S/C12H16O/c1-8(2)11-6-9(3)7-12-10(11)4-5-13-12/h6-8H,4-5H2,1-3H3. The van der Waals surface area contributed by atoms with Crippen LogP contribution in [0.5, 0.6) is 5.75 Å². The van der Waals surface area contributed by atoms with Crippen LogP contribution in [0, 0.1) is 6.92 Å². The molecule has 1 heteroatoms. The van der Waals surface area contributed by atoms with Gasteiger partial charge in [-0.3, -0.25) is 0 Å². The van der Waals surface area contributed by atoms with Gasteiger partial charge in [0.25, 0.3) is 0 Å². The quantitative estimate of drug-likeness (QED) is 0.639. The van der Waals surface area contributed by atoms with Crippen LogP contribution >= 0.6 is 0 Å². The van der Waals surface area contributed by atoms with E-state index in [1.54, 1.807) is 0 Å². The molecule has 70 valence electrons. The summed E-state index contributed by atoms with van der Waals surface area (Å²) in [5.74, 6) is 1.72. The molecule has 0 bridgehead atoms. The topological polar surface area (TPSA) is 9.23 Å². The van der Waals surface area contributed by atoms with E-state index in [2.05, 4.69) is 32.9 Å². The Labute approximate surface area is 79.7 Å². The van der Waals surface area contributed by atoms with Gasteiger partial charge in [-0.05, 0) is 30.0 Å². The Balaban J connectivity index is 2.55. The van der Waals surface area contributed by atoms with Gasteiger partial charge in [0, 0.05) is 12.0 Å². The summed E-state index contributed by atoms with van der Waals surface area (Å²) in [7, 11) is 0. The van der Waals surface area contributed by atoms with Gasteiger partial charge in [0.1, 0.15) is 5.75 Å². The van der Waals surface area contributed by atoms with Crippen molar-refractivity contribution in [2.75, 3.05) is 6.61 Å². The molecule has 1 nitrogen and oxygen atoms in total. The van der Waals surface area contributed by atoms with Crippen LogP contribution in [-0.2, 0) is 6.42 Å². The molecule has 1 heterocycles. The van der Waals surface area contributed by atoms with Crippen molar-refractivity contribution in [3.63, 3.8) is 0 Å². The van der Waals surface area contributed by atoms with Gasteiger partial charge in [0.15, 0.2) is 0 Å². The van der Waals surface area contributed by atoms with Gasteiger partial charge in [-0.25, -0.2) is 0 Å². The van der Waals surface area contributed by atoms with Gasteiger partial charge < -0.3 is 4.74 Å². The van der Waals surface area contributed by atoms with Crippen molar-refractivity contribution < 1.29 is 4.74 Å². The summed E-state index contributed by atoms with van der Waals surface area (Å²) < 4.78 is 5.57. The maximum Gasteiger partial charge on any atom is 0.123 e. The summed E-state index contributed by atoms with van der Waals surface area (Å²) >= 11 is 0. The van der Waals surface area contributed by atoms with Crippen molar-refractivity contribution in [1.29, 1.82) is 0 Å². The summed E-state index contributed by atoms with van der Waals surface area (Å²) in [5.41, 5.74) is 4.21. The number of hydrogen-bond acceptors (Lipinski definition) is 1. The lowest BCUT2D eigenvalue weighted by atomic mass is 9.94. The molecule has 0 radical (unpaired) electrons. The molecule has 0 unspecified atom stereocenters. The number of aryl methyl sites for hydroxylation is 1. The summed E-state index contributed by atoms with van der Waals surface area (Å²) in [6.45, 7) is 7.48. The highest BCUT2D eigenvalue weighted by Gasteiger charge is 2.17. The van der Waals surface area contributed by atoms with E-state index in [9.17, 15) is 0 Å². The lowest BCUT2D eigenvalue weighted by Gasteiger charge is -2.11. The number of ether oxygens (including phenoxy) is 1. The molecule has 1 aliphatic rings.